The van der Waals surface area contributed by atoms with Crippen LogP contribution in [-0.4, -0.2) is 55.3 Å². The largest absolute Gasteiger partial charge is 0.368 e. The lowest BCUT2D eigenvalue weighted by Gasteiger charge is -2.23. The lowest BCUT2D eigenvalue weighted by molar-refractivity contribution is -0.136. The summed E-state index contributed by atoms with van der Waals surface area (Å²) in [5.41, 5.74) is 7.43. The number of hydrogen-bond acceptors (Lipinski definition) is 4. The predicted molar refractivity (Wildman–Crippen MR) is 116 cm³/mol. The first-order valence-electron chi connectivity index (χ1n) is 10.3. The molecular weight excluding hydrogens is 368 g/mol. The number of primary amides is 1. The van der Waals surface area contributed by atoms with Crippen LogP contribution in [0.2, 0.25) is 0 Å². The smallest absolute Gasteiger partial charge is 0.240 e. The van der Waals surface area contributed by atoms with Gasteiger partial charge >= 0.3 is 0 Å². The Balaban J connectivity index is 2.45. The zero-order valence-electron chi connectivity index (χ0n) is 17.8. The minimum atomic E-state index is -0.504. The number of unbranched alkanes of at least 4 members (excludes halogenated alkanes) is 1. The van der Waals surface area contributed by atoms with E-state index >= 15 is 0 Å². The van der Waals surface area contributed by atoms with Crippen LogP contribution in [0, 0.1) is 5.92 Å². The highest BCUT2D eigenvalue weighted by Gasteiger charge is 2.37. The summed E-state index contributed by atoms with van der Waals surface area (Å²) in [6.45, 7) is 10.5. The predicted octanol–water partition coefficient (Wildman–Crippen LogP) is 1.66. The molecule has 7 heteroatoms. The zero-order chi connectivity index (χ0) is 21.8. The van der Waals surface area contributed by atoms with Gasteiger partial charge in [-0.2, -0.15) is 0 Å². The highest BCUT2D eigenvalue weighted by molar-refractivity contribution is 5.87. The summed E-state index contributed by atoms with van der Waals surface area (Å²) < 4.78 is 0. The van der Waals surface area contributed by atoms with E-state index in [1.807, 2.05) is 12.2 Å². The molecule has 1 fully saturated rings. The Morgan fingerprint density at radius 2 is 1.72 bits per heavy atom. The monoisotopic (exact) mass is 404 g/mol. The maximum absolute atomic E-state index is 12.5. The number of carbonyl (C=O) groups excluding carboxylic acids is 3. The zero-order valence-corrected chi connectivity index (χ0v) is 17.8. The van der Waals surface area contributed by atoms with E-state index in [1.54, 1.807) is 7.05 Å². The summed E-state index contributed by atoms with van der Waals surface area (Å²) >= 11 is 0. The van der Waals surface area contributed by atoms with E-state index in [0.717, 1.165) is 56.2 Å². The van der Waals surface area contributed by atoms with E-state index < -0.39 is 5.91 Å². The number of nitrogens with one attached hydrogen (secondary N) is 2. The van der Waals surface area contributed by atoms with E-state index in [4.69, 9.17) is 5.73 Å². The Bertz CT molecular complexity index is 638. The first kappa shape index (κ1) is 24.6. The van der Waals surface area contributed by atoms with E-state index in [-0.39, 0.29) is 24.4 Å². The van der Waals surface area contributed by atoms with Crippen molar-refractivity contribution in [2.75, 3.05) is 26.7 Å². The second-order valence-corrected chi connectivity index (χ2v) is 7.58. The summed E-state index contributed by atoms with van der Waals surface area (Å²) in [6.07, 6.45) is 9.23. The van der Waals surface area contributed by atoms with Crippen LogP contribution >= 0.6 is 0 Å². The lowest BCUT2D eigenvalue weighted by Crippen LogP contribution is -2.48. The molecule has 29 heavy (non-hydrogen) atoms. The van der Waals surface area contributed by atoms with E-state index in [1.165, 1.54) is 11.8 Å². The highest BCUT2D eigenvalue weighted by Crippen LogP contribution is 2.33. The molecule has 162 valence electrons. The molecule has 0 heterocycles. The fraction of sp³-hybridized carbons (Fsp3) is 0.591. The maximum Gasteiger partial charge on any atom is 0.240 e. The van der Waals surface area contributed by atoms with Crippen LogP contribution < -0.4 is 16.4 Å². The second kappa shape index (κ2) is 12.9. The Morgan fingerprint density at radius 1 is 1.10 bits per heavy atom. The summed E-state index contributed by atoms with van der Waals surface area (Å²) in [4.78, 5) is 36.0. The standard InChI is InChI=1S/C22H36N4O3/c1-5-17(18(6-2)12-14-24-16(3)27)9-7-8-13-25-21(19-10-11-19)22(29)26(4)15-20(23)28/h5-6,19,21,25H,1-2,7-15H2,3-4H3,(H2,23,28)(H,24,27)/b18-17-. The number of allylic oxidation sites excluding steroid dienone is 3. The Labute approximate surface area is 174 Å². The summed E-state index contributed by atoms with van der Waals surface area (Å²) in [5, 5.41) is 6.16. The quantitative estimate of drug-likeness (QED) is 0.285. The van der Waals surface area contributed by atoms with Crippen molar-refractivity contribution in [2.24, 2.45) is 11.7 Å². The van der Waals surface area contributed by atoms with Gasteiger partial charge in [0.15, 0.2) is 0 Å². The number of nitrogens with zero attached hydrogens (tertiary/aromatic N) is 1. The van der Waals surface area contributed by atoms with Crippen molar-refractivity contribution < 1.29 is 14.4 Å². The third-order valence-electron chi connectivity index (χ3n) is 5.04. The number of likely N-dealkylation sites (N-methyl/N-ethyl adjacent to an activating group) is 1. The summed E-state index contributed by atoms with van der Waals surface area (Å²) in [7, 11) is 1.61. The third-order valence-corrected chi connectivity index (χ3v) is 5.04. The first-order valence-corrected chi connectivity index (χ1v) is 10.3. The van der Waals surface area contributed by atoms with Crippen LogP contribution in [0.3, 0.4) is 0 Å². The molecule has 1 aliphatic rings. The molecule has 0 aromatic rings. The molecule has 1 atom stereocenters. The van der Waals surface area contributed by atoms with Gasteiger partial charge in [0.1, 0.15) is 0 Å². The van der Waals surface area contributed by atoms with E-state index in [2.05, 4.69) is 23.8 Å². The van der Waals surface area contributed by atoms with Gasteiger partial charge in [0.25, 0.3) is 0 Å². The minimum absolute atomic E-state index is 0.0409. The fourth-order valence-corrected chi connectivity index (χ4v) is 3.29. The molecule has 1 unspecified atom stereocenters. The highest BCUT2D eigenvalue weighted by atomic mass is 16.2. The number of amides is 3. The van der Waals surface area contributed by atoms with Crippen molar-refractivity contribution in [3.05, 3.63) is 36.5 Å². The van der Waals surface area contributed by atoms with Crippen molar-refractivity contribution in [1.29, 1.82) is 0 Å². The van der Waals surface area contributed by atoms with Gasteiger partial charge in [-0.05, 0) is 62.1 Å². The Kier molecular flexibility index (Phi) is 11.0. The van der Waals surface area contributed by atoms with Crippen LogP contribution in [-0.2, 0) is 14.4 Å². The van der Waals surface area contributed by atoms with Crippen LogP contribution in [0.25, 0.3) is 0 Å². The maximum atomic E-state index is 12.5. The Hall–Kier alpha value is -2.41. The fourth-order valence-electron chi connectivity index (χ4n) is 3.29. The molecule has 4 N–H and O–H groups in total. The molecule has 0 bridgehead atoms. The summed E-state index contributed by atoms with van der Waals surface area (Å²) in [5.74, 6) is -0.260. The molecule has 1 rings (SSSR count). The molecule has 1 aliphatic carbocycles. The SMILES string of the molecule is C=C/C(CCCCNC(C(=O)N(C)CC(N)=O)C1CC1)=C(\C=C)CCNC(C)=O. The molecular formula is C22H36N4O3. The van der Waals surface area contributed by atoms with Gasteiger partial charge in [-0.25, -0.2) is 0 Å². The minimum Gasteiger partial charge on any atom is -0.368 e. The van der Waals surface area contributed by atoms with Crippen LogP contribution in [0.15, 0.2) is 36.5 Å². The van der Waals surface area contributed by atoms with Gasteiger partial charge in [-0.3, -0.25) is 14.4 Å². The number of rotatable bonds is 15. The summed E-state index contributed by atoms with van der Waals surface area (Å²) in [6, 6.07) is -0.241. The first-order chi connectivity index (χ1) is 13.8. The molecule has 0 aromatic heterocycles. The van der Waals surface area contributed by atoms with Crippen LogP contribution in [0.5, 0.6) is 0 Å². The van der Waals surface area contributed by atoms with Gasteiger partial charge < -0.3 is 21.3 Å². The van der Waals surface area contributed by atoms with Crippen molar-refractivity contribution in [3.8, 4) is 0 Å². The molecule has 0 spiro atoms. The molecule has 7 nitrogen and oxygen atoms in total. The van der Waals surface area contributed by atoms with Crippen molar-refractivity contribution in [2.45, 2.75) is 51.5 Å². The van der Waals surface area contributed by atoms with E-state index in [0.29, 0.717) is 12.5 Å². The van der Waals surface area contributed by atoms with Crippen molar-refractivity contribution in [3.63, 3.8) is 0 Å². The lowest BCUT2D eigenvalue weighted by atomic mass is 9.99. The van der Waals surface area contributed by atoms with Gasteiger partial charge in [0.2, 0.25) is 17.7 Å². The molecule has 1 saturated carbocycles. The number of nitrogens with two attached hydrogens (primary N) is 1. The number of hydrogen-bond donors (Lipinski definition) is 3. The van der Waals surface area contributed by atoms with Gasteiger partial charge in [0, 0.05) is 20.5 Å². The molecule has 0 radical (unpaired) electrons. The van der Waals surface area contributed by atoms with Crippen LogP contribution in [0.4, 0.5) is 0 Å². The van der Waals surface area contributed by atoms with Gasteiger partial charge in [-0.1, -0.05) is 25.3 Å². The average Bonchev–Trinajstić information content (AvgIpc) is 3.49. The molecule has 0 aliphatic heterocycles. The normalized spacial score (nSPS) is 15.1. The third kappa shape index (κ3) is 9.56. The van der Waals surface area contributed by atoms with Crippen LogP contribution in [0.1, 0.15) is 45.4 Å². The average molecular weight is 405 g/mol. The van der Waals surface area contributed by atoms with Gasteiger partial charge in [0.05, 0.1) is 12.6 Å². The van der Waals surface area contributed by atoms with Crippen molar-refractivity contribution >= 4 is 17.7 Å². The molecule has 0 aromatic carbocycles. The molecule has 3 amide bonds. The molecule has 0 saturated heterocycles. The Morgan fingerprint density at radius 3 is 2.24 bits per heavy atom. The van der Waals surface area contributed by atoms with Crippen molar-refractivity contribution in [1.82, 2.24) is 15.5 Å². The topological polar surface area (TPSA) is 105 Å². The van der Waals surface area contributed by atoms with E-state index in [9.17, 15) is 14.4 Å². The second-order valence-electron chi connectivity index (χ2n) is 7.58. The van der Waals surface area contributed by atoms with Gasteiger partial charge in [-0.15, -0.1) is 0 Å². The number of carbonyl (C=O) groups is 3.